The second kappa shape index (κ2) is 6.21. The molecule has 9 heteroatoms. The highest BCUT2D eigenvalue weighted by Crippen LogP contribution is 2.28. The van der Waals surface area contributed by atoms with E-state index in [1.807, 2.05) is 0 Å². The normalized spacial score (nSPS) is 23.0. The molecular weight excluding hydrogens is 343 g/mol. The van der Waals surface area contributed by atoms with Crippen molar-refractivity contribution in [2.24, 2.45) is 0 Å². The van der Waals surface area contributed by atoms with E-state index in [2.05, 4.69) is 0 Å². The van der Waals surface area contributed by atoms with Crippen molar-refractivity contribution in [2.75, 3.05) is 18.8 Å². The molecule has 1 aromatic rings. The lowest BCUT2D eigenvalue weighted by Gasteiger charge is -2.21. The van der Waals surface area contributed by atoms with Crippen LogP contribution in [-0.2, 0) is 20.6 Å². The van der Waals surface area contributed by atoms with Crippen molar-refractivity contribution >= 4 is 32.9 Å². The van der Waals surface area contributed by atoms with Gasteiger partial charge in [0.2, 0.25) is 15.9 Å². The Hall–Kier alpha value is -1.45. The molecule has 0 aromatic heterocycles. The summed E-state index contributed by atoms with van der Waals surface area (Å²) in [5.41, 5.74) is 0.499. The van der Waals surface area contributed by atoms with E-state index in [0.29, 0.717) is 12.0 Å². The van der Waals surface area contributed by atoms with Crippen LogP contribution >= 0.6 is 11.8 Å². The SMILES string of the molecule is O=C1CSC(=O)N1C1CCN(S(=O)(=O)Cc2ccc(F)cc2)C1. The number of carbonyl (C=O) groups excluding carboxylic acids is 2. The van der Waals surface area contributed by atoms with E-state index in [4.69, 9.17) is 0 Å². The number of carbonyl (C=O) groups is 2. The predicted molar refractivity (Wildman–Crippen MR) is 83.7 cm³/mol. The maximum Gasteiger partial charge on any atom is 0.289 e. The Kier molecular flexibility index (Phi) is 4.43. The summed E-state index contributed by atoms with van der Waals surface area (Å²) in [4.78, 5) is 24.6. The quantitative estimate of drug-likeness (QED) is 0.814. The maximum atomic E-state index is 12.9. The zero-order chi connectivity index (χ0) is 16.6. The van der Waals surface area contributed by atoms with Gasteiger partial charge < -0.3 is 0 Å². The Balaban J connectivity index is 1.69. The highest BCUT2D eigenvalue weighted by Gasteiger charge is 2.41. The predicted octanol–water partition coefficient (Wildman–Crippen LogP) is 1.43. The summed E-state index contributed by atoms with van der Waals surface area (Å²) in [6.07, 6.45) is 0.445. The highest BCUT2D eigenvalue weighted by molar-refractivity contribution is 8.14. The molecule has 2 aliphatic rings. The van der Waals surface area contributed by atoms with E-state index >= 15 is 0 Å². The fourth-order valence-corrected chi connectivity index (χ4v) is 5.13. The molecule has 2 heterocycles. The molecule has 1 atom stereocenters. The first-order chi connectivity index (χ1) is 10.9. The molecule has 2 saturated heterocycles. The van der Waals surface area contributed by atoms with Crippen molar-refractivity contribution in [3.05, 3.63) is 35.6 Å². The second-order valence-electron chi connectivity index (χ2n) is 5.50. The summed E-state index contributed by atoms with van der Waals surface area (Å²) in [7, 11) is -3.57. The van der Waals surface area contributed by atoms with Crippen LogP contribution in [0.3, 0.4) is 0 Å². The van der Waals surface area contributed by atoms with E-state index in [9.17, 15) is 22.4 Å². The lowest BCUT2D eigenvalue weighted by molar-refractivity contribution is -0.126. The monoisotopic (exact) mass is 358 g/mol. The van der Waals surface area contributed by atoms with Gasteiger partial charge in [-0.3, -0.25) is 14.5 Å². The van der Waals surface area contributed by atoms with Crippen LogP contribution in [0.1, 0.15) is 12.0 Å². The lowest BCUT2D eigenvalue weighted by Crippen LogP contribution is -2.41. The number of imide groups is 1. The molecule has 2 aliphatic heterocycles. The van der Waals surface area contributed by atoms with E-state index in [-0.39, 0.29) is 35.7 Å². The van der Waals surface area contributed by atoms with Gasteiger partial charge in [0.15, 0.2) is 0 Å². The molecule has 2 amide bonds. The number of benzene rings is 1. The Morgan fingerprint density at radius 2 is 1.91 bits per heavy atom. The fourth-order valence-electron chi connectivity index (χ4n) is 2.77. The third kappa shape index (κ3) is 3.41. The van der Waals surface area contributed by atoms with Crippen molar-refractivity contribution in [3.63, 3.8) is 0 Å². The van der Waals surface area contributed by atoms with Gasteiger partial charge in [0.25, 0.3) is 5.24 Å². The summed E-state index contributed by atoms with van der Waals surface area (Å²) in [5.74, 6) is -0.785. The number of nitrogens with zero attached hydrogens (tertiary/aromatic N) is 2. The van der Waals surface area contributed by atoms with Gasteiger partial charge in [-0.05, 0) is 24.1 Å². The first-order valence-corrected chi connectivity index (χ1v) is 9.67. The number of rotatable bonds is 4. The van der Waals surface area contributed by atoms with Crippen LogP contribution in [-0.4, -0.2) is 53.7 Å². The number of hydrogen-bond donors (Lipinski definition) is 0. The molecule has 124 valence electrons. The number of thioether (sulfide) groups is 1. The molecule has 23 heavy (non-hydrogen) atoms. The average Bonchev–Trinajstić information content (AvgIpc) is 3.09. The topological polar surface area (TPSA) is 74.8 Å². The molecule has 1 unspecified atom stereocenters. The summed E-state index contributed by atoms with van der Waals surface area (Å²) < 4.78 is 39.1. The number of amides is 2. The van der Waals surface area contributed by atoms with Gasteiger partial charge in [-0.15, -0.1) is 0 Å². The fraction of sp³-hybridized carbons (Fsp3) is 0.429. The van der Waals surface area contributed by atoms with Crippen LogP contribution < -0.4 is 0 Å². The molecule has 0 radical (unpaired) electrons. The first kappa shape index (κ1) is 16.4. The smallest absolute Gasteiger partial charge is 0.273 e. The molecule has 1 aromatic carbocycles. The van der Waals surface area contributed by atoms with Gasteiger partial charge in [0.1, 0.15) is 5.82 Å². The van der Waals surface area contributed by atoms with Crippen LogP contribution in [0.2, 0.25) is 0 Å². The molecule has 0 bridgehead atoms. The summed E-state index contributed by atoms with van der Waals surface area (Å²) in [6, 6.07) is 4.91. The molecule has 2 fully saturated rings. The molecule has 0 spiro atoms. The van der Waals surface area contributed by atoms with Gasteiger partial charge in [-0.1, -0.05) is 23.9 Å². The number of halogens is 1. The molecular formula is C14H15FN2O4S2. The molecule has 3 rings (SSSR count). The van der Waals surface area contributed by atoms with Crippen LogP contribution in [0.4, 0.5) is 9.18 Å². The van der Waals surface area contributed by atoms with Gasteiger partial charge in [0, 0.05) is 13.1 Å². The van der Waals surface area contributed by atoms with Crippen molar-refractivity contribution < 1.29 is 22.4 Å². The summed E-state index contributed by atoms with van der Waals surface area (Å²) in [6.45, 7) is 0.400. The van der Waals surface area contributed by atoms with Crippen LogP contribution in [0.5, 0.6) is 0 Å². The van der Waals surface area contributed by atoms with Crippen molar-refractivity contribution in [2.45, 2.75) is 18.2 Å². The largest absolute Gasteiger partial charge is 0.289 e. The van der Waals surface area contributed by atoms with Crippen molar-refractivity contribution in [1.29, 1.82) is 0 Å². The Bertz CT molecular complexity index is 720. The van der Waals surface area contributed by atoms with Crippen molar-refractivity contribution in [1.82, 2.24) is 9.21 Å². The molecule has 0 aliphatic carbocycles. The van der Waals surface area contributed by atoms with E-state index < -0.39 is 21.9 Å². The molecule has 0 N–H and O–H groups in total. The van der Waals surface area contributed by atoms with Crippen LogP contribution in [0, 0.1) is 5.82 Å². The van der Waals surface area contributed by atoms with Crippen LogP contribution in [0.25, 0.3) is 0 Å². The van der Waals surface area contributed by atoms with E-state index in [1.54, 1.807) is 0 Å². The van der Waals surface area contributed by atoms with Gasteiger partial charge >= 0.3 is 0 Å². The molecule has 0 saturated carbocycles. The highest BCUT2D eigenvalue weighted by atomic mass is 32.2. The zero-order valence-corrected chi connectivity index (χ0v) is 13.8. The van der Waals surface area contributed by atoms with Crippen molar-refractivity contribution in [3.8, 4) is 0 Å². The molecule has 6 nitrogen and oxygen atoms in total. The lowest BCUT2D eigenvalue weighted by atomic mass is 10.2. The third-order valence-corrected chi connectivity index (χ3v) is 6.58. The van der Waals surface area contributed by atoms with Gasteiger partial charge in [0.05, 0.1) is 17.5 Å². The minimum Gasteiger partial charge on any atom is -0.273 e. The number of sulfonamides is 1. The Morgan fingerprint density at radius 3 is 2.52 bits per heavy atom. The minimum absolute atomic E-state index is 0.123. The van der Waals surface area contributed by atoms with E-state index in [1.165, 1.54) is 33.5 Å². The number of hydrogen-bond acceptors (Lipinski definition) is 5. The Morgan fingerprint density at radius 1 is 1.22 bits per heavy atom. The average molecular weight is 358 g/mol. The second-order valence-corrected chi connectivity index (χ2v) is 8.40. The standard InChI is InChI=1S/C14H15FN2O4S2/c15-11-3-1-10(2-4-11)9-23(20,21)16-6-5-12(7-16)17-13(18)8-22-14(17)19/h1-4,12H,5-9H2. The summed E-state index contributed by atoms with van der Waals surface area (Å²) >= 11 is 0.947. The zero-order valence-electron chi connectivity index (χ0n) is 12.1. The first-order valence-electron chi connectivity index (χ1n) is 7.08. The maximum absolute atomic E-state index is 12.9. The minimum atomic E-state index is -3.57. The van der Waals surface area contributed by atoms with Gasteiger partial charge in [-0.25, -0.2) is 12.8 Å². The van der Waals surface area contributed by atoms with Crippen LogP contribution in [0.15, 0.2) is 24.3 Å². The Labute approximate surface area is 137 Å². The summed E-state index contributed by atoms with van der Waals surface area (Å²) in [5, 5.41) is -0.308. The third-order valence-electron chi connectivity index (χ3n) is 3.93. The van der Waals surface area contributed by atoms with E-state index in [0.717, 1.165) is 11.8 Å². The van der Waals surface area contributed by atoms with Gasteiger partial charge in [-0.2, -0.15) is 4.31 Å².